The van der Waals surface area contributed by atoms with Crippen molar-refractivity contribution < 1.29 is 4.74 Å². The van der Waals surface area contributed by atoms with Gasteiger partial charge in [0.15, 0.2) is 0 Å². The van der Waals surface area contributed by atoms with E-state index in [-0.39, 0.29) is 5.56 Å². The Morgan fingerprint density at radius 3 is 2.89 bits per heavy atom. The minimum Gasteiger partial charge on any atom is -0.374 e. The number of fused-ring (bicyclic) bond motifs is 4. The number of aromatic nitrogens is 3. The average molecular weight is 470 g/mol. The van der Waals surface area contributed by atoms with Crippen LogP contribution in [-0.2, 0) is 17.8 Å². The van der Waals surface area contributed by atoms with Crippen LogP contribution in [0.25, 0.3) is 21.7 Å². The molecule has 1 aromatic carbocycles. The summed E-state index contributed by atoms with van der Waals surface area (Å²) in [7, 11) is 0. The van der Waals surface area contributed by atoms with Crippen molar-refractivity contribution in [1.82, 2.24) is 19.9 Å². The molecule has 2 aliphatic heterocycles. The number of rotatable bonds is 7. The number of anilines is 1. The molecule has 2 bridgehead atoms. The van der Waals surface area contributed by atoms with Crippen molar-refractivity contribution in [2.45, 2.75) is 50.9 Å². The van der Waals surface area contributed by atoms with Gasteiger partial charge in [-0.05, 0) is 60.9 Å². The Morgan fingerprint density at radius 1 is 1.14 bits per heavy atom. The van der Waals surface area contributed by atoms with E-state index in [2.05, 4.69) is 50.5 Å². The third-order valence-electron chi connectivity index (χ3n) is 8.16. The normalized spacial score (nSPS) is 21.9. The predicted molar refractivity (Wildman–Crippen MR) is 138 cm³/mol. The van der Waals surface area contributed by atoms with E-state index in [1.165, 1.54) is 30.3 Å². The fraction of sp³-hybridized carbons (Fsp3) is 0.429. The van der Waals surface area contributed by atoms with Gasteiger partial charge in [-0.2, -0.15) is 0 Å². The summed E-state index contributed by atoms with van der Waals surface area (Å²) in [6.07, 6.45) is 11.0. The minimum atomic E-state index is 0.00456. The first-order valence-corrected chi connectivity index (χ1v) is 12.9. The molecule has 2 atom stereocenters. The second kappa shape index (κ2) is 8.50. The van der Waals surface area contributed by atoms with E-state index < -0.39 is 0 Å². The molecular formula is C28H31N5O2. The first-order valence-electron chi connectivity index (χ1n) is 12.9. The number of benzene rings is 1. The maximum absolute atomic E-state index is 13.4. The van der Waals surface area contributed by atoms with E-state index in [0.717, 1.165) is 60.7 Å². The van der Waals surface area contributed by atoms with Gasteiger partial charge in [0, 0.05) is 42.1 Å². The van der Waals surface area contributed by atoms with Gasteiger partial charge in [-0.15, -0.1) is 0 Å². The van der Waals surface area contributed by atoms with Crippen LogP contribution in [0, 0.1) is 5.92 Å². The van der Waals surface area contributed by atoms with E-state index in [1.54, 1.807) is 10.8 Å². The fourth-order valence-corrected chi connectivity index (χ4v) is 5.97. The van der Waals surface area contributed by atoms with Gasteiger partial charge in [-0.25, -0.2) is 0 Å². The Bertz CT molecular complexity index is 1450. The van der Waals surface area contributed by atoms with Crippen LogP contribution in [0.1, 0.15) is 36.9 Å². The standard InChI is InChI=1S/C28H31N5O2/c34-28-25-13-30-14-27(33-16-23-10-22(33)17-35-23)24(25)6-7-32(28)15-19-4-5-20-9-21(31-26(20)8-19)12-29-11-18-2-1-3-18/h4-9,13-14,18,22-23,29,31H,1-3,10-12,15-17H2/t22-,23-/m0/s1. The molecule has 5 heterocycles. The third-order valence-corrected chi connectivity index (χ3v) is 8.16. The number of morpholine rings is 1. The summed E-state index contributed by atoms with van der Waals surface area (Å²) in [6.45, 7) is 4.14. The number of pyridine rings is 2. The highest BCUT2D eigenvalue weighted by atomic mass is 16.5. The van der Waals surface area contributed by atoms with Crippen molar-refractivity contribution in [3.05, 3.63) is 70.5 Å². The highest BCUT2D eigenvalue weighted by Gasteiger charge is 2.39. The maximum Gasteiger partial charge on any atom is 0.260 e. The van der Waals surface area contributed by atoms with E-state index in [9.17, 15) is 4.79 Å². The number of nitrogens with one attached hydrogen (secondary N) is 2. The summed E-state index contributed by atoms with van der Waals surface area (Å²) in [5.41, 5.74) is 4.48. The zero-order valence-electron chi connectivity index (χ0n) is 19.9. The van der Waals surface area contributed by atoms with Gasteiger partial charge in [0.05, 0.1) is 42.6 Å². The minimum absolute atomic E-state index is 0.00456. The summed E-state index contributed by atoms with van der Waals surface area (Å²) < 4.78 is 7.55. The lowest BCUT2D eigenvalue weighted by Crippen LogP contribution is -2.37. The van der Waals surface area contributed by atoms with Crippen molar-refractivity contribution in [2.75, 3.05) is 24.6 Å². The van der Waals surface area contributed by atoms with Crippen LogP contribution >= 0.6 is 0 Å². The van der Waals surface area contributed by atoms with Gasteiger partial charge in [-0.1, -0.05) is 18.6 Å². The lowest BCUT2D eigenvalue weighted by atomic mass is 9.85. The number of aromatic amines is 1. The lowest BCUT2D eigenvalue weighted by Gasteiger charge is -2.29. The van der Waals surface area contributed by atoms with E-state index >= 15 is 0 Å². The zero-order chi connectivity index (χ0) is 23.4. The van der Waals surface area contributed by atoms with Crippen LogP contribution in [0.2, 0.25) is 0 Å². The van der Waals surface area contributed by atoms with Crippen LogP contribution in [0.5, 0.6) is 0 Å². The van der Waals surface area contributed by atoms with Gasteiger partial charge in [-0.3, -0.25) is 9.78 Å². The molecule has 3 fully saturated rings. The van der Waals surface area contributed by atoms with Gasteiger partial charge in [0.2, 0.25) is 0 Å². The molecule has 180 valence electrons. The highest BCUT2D eigenvalue weighted by Crippen LogP contribution is 2.35. The van der Waals surface area contributed by atoms with Crippen LogP contribution in [0.4, 0.5) is 5.69 Å². The first-order chi connectivity index (χ1) is 17.2. The molecule has 0 amide bonds. The summed E-state index contributed by atoms with van der Waals surface area (Å²) in [6, 6.07) is 11.1. The molecule has 2 N–H and O–H groups in total. The highest BCUT2D eigenvalue weighted by molar-refractivity contribution is 5.93. The molecule has 0 unspecified atom stereocenters. The first kappa shape index (κ1) is 21.1. The van der Waals surface area contributed by atoms with Gasteiger partial charge in [0.25, 0.3) is 5.56 Å². The monoisotopic (exact) mass is 469 g/mol. The zero-order valence-corrected chi connectivity index (χ0v) is 19.9. The number of ether oxygens (including phenoxy) is 1. The Balaban J connectivity index is 1.12. The molecule has 7 heteroatoms. The molecular weight excluding hydrogens is 438 g/mol. The molecule has 3 aliphatic rings. The second-order valence-electron chi connectivity index (χ2n) is 10.5. The van der Waals surface area contributed by atoms with Crippen molar-refractivity contribution in [3.8, 4) is 0 Å². The predicted octanol–water partition coefficient (Wildman–Crippen LogP) is 3.79. The molecule has 35 heavy (non-hydrogen) atoms. The maximum atomic E-state index is 13.4. The Hall–Kier alpha value is -3.16. The average Bonchev–Trinajstić information content (AvgIpc) is 3.57. The van der Waals surface area contributed by atoms with Crippen LogP contribution < -0.4 is 15.8 Å². The summed E-state index contributed by atoms with van der Waals surface area (Å²) >= 11 is 0. The van der Waals surface area contributed by atoms with E-state index in [1.807, 2.05) is 12.4 Å². The second-order valence-corrected chi connectivity index (χ2v) is 10.5. The molecule has 2 saturated heterocycles. The Labute approximate surface area is 204 Å². The van der Waals surface area contributed by atoms with Crippen molar-refractivity contribution in [1.29, 1.82) is 0 Å². The smallest absolute Gasteiger partial charge is 0.260 e. The lowest BCUT2D eigenvalue weighted by molar-refractivity contribution is 0.0992. The van der Waals surface area contributed by atoms with Crippen LogP contribution in [0.3, 0.4) is 0 Å². The molecule has 1 aliphatic carbocycles. The molecule has 3 aromatic heterocycles. The van der Waals surface area contributed by atoms with Crippen molar-refractivity contribution >= 4 is 27.4 Å². The molecule has 1 saturated carbocycles. The molecule has 0 radical (unpaired) electrons. The van der Waals surface area contributed by atoms with Crippen LogP contribution in [0.15, 0.2) is 53.7 Å². The fourth-order valence-electron chi connectivity index (χ4n) is 5.97. The quantitative estimate of drug-likeness (QED) is 0.431. The Kier molecular flexibility index (Phi) is 5.14. The third kappa shape index (κ3) is 3.83. The number of nitrogens with zero attached hydrogens (tertiary/aromatic N) is 3. The van der Waals surface area contributed by atoms with Gasteiger partial charge < -0.3 is 24.5 Å². The summed E-state index contributed by atoms with van der Waals surface area (Å²) in [5.74, 6) is 0.858. The largest absolute Gasteiger partial charge is 0.374 e. The number of H-pyrrole nitrogens is 1. The summed E-state index contributed by atoms with van der Waals surface area (Å²) in [4.78, 5) is 23.7. The molecule has 7 rings (SSSR count). The van der Waals surface area contributed by atoms with Gasteiger partial charge >= 0.3 is 0 Å². The van der Waals surface area contributed by atoms with E-state index in [4.69, 9.17) is 4.74 Å². The molecule has 4 aromatic rings. The number of hydrogen-bond donors (Lipinski definition) is 2. The molecule has 7 nitrogen and oxygen atoms in total. The Morgan fingerprint density at radius 2 is 2.09 bits per heavy atom. The molecule has 0 spiro atoms. The SMILES string of the molecule is O=c1c2cncc(N3C[C@@H]4C[C@H]3CO4)c2ccn1Cc1ccc2cc(CNCC3CCC3)[nH]c2c1. The number of hydrogen-bond acceptors (Lipinski definition) is 5. The van der Waals surface area contributed by atoms with Crippen molar-refractivity contribution in [3.63, 3.8) is 0 Å². The van der Waals surface area contributed by atoms with E-state index in [0.29, 0.717) is 24.1 Å². The summed E-state index contributed by atoms with van der Waals surface area (Å²) in [5, 5.41) is 6.44. The van der Waals surface area contributed by atoms with Crippen LogP contribution in [-0.4, -0.2) is 46.4 Å². The topological polar surface area (TPSA) is 75.2 Å². The van der Waals surface area contributed by atoms with Crippen molar-refractivity contribution in [2.24, 2.45) is 5.92 Å². The van der Waals surface area contributed by atoms with Gasteiger partial charge in [0.1, 0.15) is 0 Å².